The van der Waals surface area contributed by atoms with E-state index in [0.717, 1.165) is 144 Å². The summed E-state index contributed by atoms with van der Waals surface area (Å²) in [6, 6.07) is 120. The van der Waals surface area contributed by atoms with Crippen LogP contribution in [-0.2, 0) is 0 Å². The Morgan fingerprint density at radius 1 is 0.196 bits per heavy atom. The summed E-state index contributed by atoms with van der Waals surface area (Å²) in [5.74, 6) is -0.750. The predicted octanol–water partition coefficient (Wildman–Crippen LogP) is 25.1. The van der Waals surface area contributed by atoms with Gasteiger partial charge in [0.2, 0.25) is 0 Å². The number of nitrogens with zero attached hydrogens (tertiary/aromatic N) is 2. The number of halogens is 2. The lowest BCUT2D eigenvalue weighted by Crippen LogP contribution is -2.15. The third-order valence-electron chi connectivity index (χ3n) is 18.0. The second-order valence-corrected chi connectivity index (χ2v) is 23.3. The zero-order valence-corrected chi connectivity index (χ0v) is 50.1. The minimum absolute atomic E-state index is 0.375. The molecule has 0 saturated carbocycles. The van der Waals surface area contributed by atoms with Crippen molar-refractivity contribution in [3.05, 3.63) is 363 Å². The zero-order chi connectivity index (χ0) is 61.5. The van der Waals surface area contributed by atoms with Crippen molar-refractivity contribution in [2.24, 2.45) is 0 Å². The number of hydrogen-bond acceptors (Lipinski definition) is 2. The van der Waals surface area contributed by atoms with Gasteiger partial charge in [0.25, 0.3) is 0 Å². The van der Waals surface area contributed by atoms with Gasteiger partial charge in [0.05, 0.1) is 22.7 Å². The standard InChI is InChI=1S/C88H58F2N2/c89-81-57-65(73-43-21-19-39-69(73)59-27-7-1-8-28-59)55-79(75-45-25-23-41-71(75)61-31-11-3-12-32-61)87(81)91(67-35-15-5-16-36-67)83-53-49-63-48-52-78-84(54-50-64-47-51-77(83)85(63)86(64)78)92(68-37-17-6-18-38-68)88-80(76-46-26-24-42-72(76)62-33-13-4-14-34-62)56-66(58-82(88)90)74-44-22-20-40-70(74)60-29-9-2-10-30-60/h1-58H. The number of hydrogen-bond donors (Lipinski definition) is 0. The van der Waals surface area contributed by atoms with Crippen molar-refractivity contribution < 1.29 is 8.78 Å². The van der Waals surface area contributed by atoms with Crippen molar-refractivity contribution >= 4 is 66.4 Å². The van der Waals surface area contributed by atoms with Crippen molar-refractivity contribution in [3.63, 3.8) is 0 Å². The molecule has 16 aromatic rings. The topological polar surface area (TPSA) is 6.48 Å². The van der Waals surface area contributed by atoms with Crippen LogP contribution >= 0.6 is 0 Å². The van der Waals surface area contributed by atoms with E-state index in [-0.39, 0.29) is 11.6 Å². The molecule has 92 heavy (non-hydrogen) atoms. The van der Waals surface area contributed by atoms with Crippen LogP contribution in [0.2, 0.25) is 0 Å². The smallest absolute Gasteiger partial charge is 0.148 e. The van der Waals surface area contributed by atoms with Crippen LogP contribution in [-0.4, -0.2) is 0 Å². The van der Waals surface area contributed by atoms with E-state index in [0.29, 0.717) is 11.4 Å². The Hall–Kier alpha value is -12.0. The predicted molar refractivity (Wildman–Crippen MR) is 383 cm³/mol. The second kappa shape index (κ2) is 23.8. The van der Waals surface area contributed by atoms with E-state index in [9.17, 15) is 0 Å². The van der Waals surface area contributed by atoms with Gasteiger partial charge in [0.1, 0.15) is 11.6 Å². The summed E-state index contributed by atoms with van der Waals surface area (Å²) in [7, 11) is 0. The van der Waals surface area contributed by atoms with Crippen LogP contribution in [0.25, 0.3) is 121 Å². The highest BCUT2D eigenvalue weighted by Crippen LogP contribution is 2.54. The van der Waals surface area contributed by atoms with Crippen molar-refractivity contribution in [3.8, 4) is 89.0 Å². The number of benzene rings is 16. The van der Waals surface area contributed by atoms with Gasteiger partial charge >= 0.3 is 0 Å². The second-order valence-electron chi connectivity index (χ2n) is 23.3. The maximum Gasteiger partial charge on any atom is 0.148 e. The first-order valence-corrected chi connectivity index (χ1v) is 31.2. The maximum absolute atomic E-state index is 18.9. The molecule has 0 fully saturated rings. The van der Waals surface area contributed by atoms with Gasteiger partial charge in [-0.3, -0.25) is 0 Å². The molecule has 434 valence electrons. The Kier molecular flexibility index (Phi) is 14.3. The Morgan fingerprint density at radius 3 is 0.761 bits per heavy atom. The van der Waals surface area contributed by atoms with Crippen molar-refractivity contribution in [2.75, 3.05) is 9.80 Å². The minimum atomic E-state index is -0.375. The third kappa shape index (κ3) is 9.92. The average Bonchev–Trinajstić information content (AvgIpc) is 0.742. The summed E-state index contributed by atoms with van der Waals surface area (Å²) in [5.41, 5.74) is 18.8. The van der Waals surface area contributed by atoms with Gasteiger partial charge in [-0.05, 0) is 160 Å². The van der Waals surface area contributed by atoms with Crippen LogP contribution in [0, 0.1) is 11.6 Å². The first-order valence-electron chi connectivity index (χ1n) is 31.2. The summed E-state index contributed by atoms with van der Waals surface area (Å²) in [6.45, 7) is 0. The number of para-hydroxylation sites is 2. The SMILES string of the molecule is Fc1cc(-c2ccccc2-c2ccccc2)cc(-c2ccccc2-c2ccccc2)c1N(c1ccccc1)c1ccc2ccc3c(N(c4ccccc4)c4c(F)cc(-c5ccccc5-c5ccccc5)cc4-c4ccccc4-c4ccccc4)ccc4ccc1c2c43. The Bertz CT molecular complexity index is 5010. The van der Waals surface area contributed by atoms with Crippen LogP contribution < -0.4 is 9.80 Å². The number of rotatable bonds is 14. The maximum atomic E-state index is 18.9. The van der Waals surface area contributed by atoms with Crippen LogP contribution in [0.4, 0.5) is 42.9 Å². The summed E-state index contributed by atoms with van der Waals surface area (Å²) in [6.07, 6.45) is 0. The molecule has 0 bridgehead atoms. The molecule has 0 amide bonds. The molecule has 0 atom stereocenters. The van der Waals surface area contributed by atoms with Crippen molar-refractivity contribution in [1.82, 2.24) is 0 Å². The Morgan fingerprint density at radius 2 is 0.446 bits per heavy atom. The molecular weight excluding hydrogens is 1120 g/mol. The van der Waals surface area contributed by atoms with E-state index in [1.165, 1.54) is 0 Å². The molecule has 16 aromatic carbocycles. The summed E-state index contributed by atoms with van der Waals surface area (Å²) < 4.78 is 37.8. The molecule has 0 N–H and O–H groups in total. The van der Waals surface area contributed by atoms with E-state index in [4.69, 9.17) is 0 Å². The average molecular weight is 1180 g/mol. The summed E-state index contributed by atoms with van der Waals surface area (Å²) >= 11 is 0. The summed E-state index contributed by atoms with van der Waals surface area (Å²) in [4.78, 5) is 4.23. The normalized spacial score (nSPS) is 11.4. The van der Waals surface area contributed by atoms with Crippen molar-refractivity contribution in [1.29, 1.82) is 0 Å². The number of anilines is 6. The molecule has 0 spiro atoms. The lowest BCUT2D eigenvalue weighted by molar-refractivity contribution is 0.629. The van der Waals surface area contributed by atoms with E-state index < -0.39 is 0 Å². The van der Waals surface area contributed by atoms with Crippen molar-refractivity contribution in [2.45, 2.75) is 0 Å². The Labute approximate surface area is 534 Å². The quantitative estimate of drug-likeness (QED) is 0.100. The molecule has 0 heterocycles. The van der Waals surface area contributed by atoms with Gasteiger partial charge in [-0.1, -0.05) is 291 Å². The van der Waals surface area contributed by atoms with Crippen LogP contribution in [0.3, 0.4) is 0 Å². The summed E-state index contributed by atoms with van der Waals surface area (Å²) in [5, 5.41) is 5.92. The molecule has 16 rings (SSSR count). The largest absolute Gasteiger partial charge is 0.307 e. The molecule has 0 radical (unpaired) electrons. The molecule has 0 aliphatic rings. The lowest BCUT2D eigenvalue weighted by atomic mass is 9.88. The fraction of sp³-hybridized carbons (Fsp3) is 0. The minimum Gasteiger partial charge on any atom is -0.307 e. The fourth-order valence-corrected chi connectivity index (χ4v) is 13.8. The molecule has 0 aliphatic heterocycles. The van der Waals surface area contributed by atoms with E-state index in [1.54, 1.807) is 12.1 Å². The van der Waals surface area contributed by atoms with Gasteiger partial charge in [0, 0.05) is 33.3 Å². The molecule has 0 saturated heterocycles. The highest BCUT2D eigenvalue weighted by Gasteiger charge is 2.30. The Balaban J connectivity index is 0.944. The van der Waals surface area contributed by atoms with Gasteiger partial charge in [-0.15, -0.1) is 0 Å². The van der Waals surface area contributed by atoms with Gasteiger partial charge in [0.15, 0.2) is 0 Å². The zero-order valence-electron chi connectivity index (χ0n) is 50.1. The molecule has 4 heteroatoms. The fourth-order valence-electron chi connectivity index (χ4n) is 13.8. The van der Waals surface area contributed by atoms with E-state index >= 15 is 8.78 Å². The highest BCUT2D eigenvalue weighted by molar-refractivity contribution is 6.28. The molecule has 0 unspecified atom stereocenters. The highest BCUT2D eigenvalue weighted by atomic mass is 19.1. The van der Waals surface area contributed by atoms with Gasteiger partial charge < -0.3 is 9.80 Å². The van der Waals surface area contributed by atoms with Crippen LogP contribution in [0.1, 0.15) is 0 Å². The first-order chi connectivity index (χ1) is 45.5. The molecular formula is C88H58F2N2. The van der Waals surface area contributed by atoms with Gasteiger partial charge in [-0.2, -0.15) is 0 Å². The third-order valence-corrected chi connectivity index (χ3v) is 18.0. The van der Waals surface area contributed by atoms with E-state index in [2.05, 4.69) is 228 Å². The molecule has 2 nitrogen and oxygen atoms in total. The monoisotopic (exact) mass is 1180 g/mol. The van der Waals surface area contributed by atoms with E-state index in [1.807, 2.05) is 121 Å². The van der Waals surface area contributed by atoms with Crippen LogP contribution in [0.5, 0.6) is 0 Å². The molecule has 0 aliphatic carbocycles. The first kappa shape index (κ1) is 55.3. The molecule has 0 aromatic heterocycles. The van der Waals surface area contributed by atoms with Crippen LogP contribution in [0.15, 0.2) is 352 Å². The van der Waals surface area contributed by atoms with Gasteiger partial charge in [-0.25, -0.2) is 8.78 Å². The lowest BCUT2D eigenvalue weighted by Gasteiger charge is -2.32.